The maximum Gasteiger partial charge on any atom is 0.230 e. The summed E-state index contributed by atoms with van der Waals surface area (Å²) in [6.45, 7) is 16.1. The largest absolute Gasteiger partial charge is 0.311 e. The molecule has 0 spiro atoms. The van der Waals surface area contributed by atoms with Crippen LogP contribution in [0.3, 0.4) is 0 Å². The lowest BCUT2D eigenvalue weighted by atomic mass is 9.65. The molecule has 2 unspecified atom stereocenters. The van der Waals surface area contributed by atoms with E-state index in [1.165, 1.54) is 6.42 Å². The van der Waals surface area contributed by atoms with Crippen LogP contribution in [0.15, 0.2) is 0 Å². The van der Waals surface area contributed by atoms with Crippen LogP contribution in [0.5, 0.6) is 0 Å². The van der Waals surface area contributed by atoms with Crippen molar-refractivity contribution in [2.45, 2.75) is 52.5 Å². The topological polar surface area (TPSA) is 4.36 Å². The van der Waals surface area contributed by atoms with Crippen LogP contribution in [0.1, 0.15) is 47.0 Å². The van der Waals surface area contributed by atoms with Gasteiger partial charge in [0.05, 0.1) is 0 Å². The van der Waals surface area contributed by atoms with E-state index < -0.39 is 0 Å². The molecule has 0 heterocycles. The zero-order chi connectivity index (χ0) is 9.41. The molecule has 0 bridgehead atoms. The van der Waals surface area contributed by atoms with Crippen molar-refractivity contribution in [3.05, 3.63) is 11.4 Å². The Bertz CT molecular complexity index is 212. The molecule has 0 amide bonds. The van der Waals surface area contributed by atoms with Gasteiger partial charge in [-0.2, -0.15) is 0 Å². The molecule has 1 saturated carbocycles. The molecule has 0 aromatic rings. The van der Waals surface area contributed by atoms with Crippen LogP contribution in [0.2, 0.25) is 0 Å². The standard InChI is InChI=1S/C11H19N/c1-9-6-10(2,3)8-11(4,7-9)12-5/h9H,6-8H2,1-4H3. The SMILES string of the molecule is [C-]#[N+]C1(C)CC(C)CC(C)(C)C1. The van der Waals surface area contributed by atoms with Gasteiger partial charge >= 0.3 is 0 Å². The second kappa shape index (κ2) is 2.76. The van der Waals surface area contributed by atoms with Crippen molar-refractivity contribution in [2.24, 2.45) is 11.3 Å². The molecule has 1 fully saturated rings. The minimum absolute atomic E-state index is 0.0822. The zero-order valence-corrected chi connectivity index (χ0v) is 8.65. The Labute approximate surface area is 76.0 Å². The number of rotatable bonds is 0. The highest BCUT2D eigenvalue weighted by atomic mass is 14.8. The smallest absolute Gasteiger partial charge is 0.230 e. The number of nitrogens with zero attached hydrogens (tertiary/aromatic N) is 1. The summed E-state index contributed by atoms with van der Waals surface area (Å²) >= 11 is 0. The van der Waals surface area contributed by atoms with Crippen LogP contribution in [-0.4, -0.2) is 5.54 Å². The molecule has 1 rings (SSSR count). The van der Waals surface area contributed by atoms with E-state index in [9.17, 15) is 0 Å². The van der Waals surface area contributed by atoms with Gasteiger partial charge in [0, 0.05) is 19.8 Å². The highest BCUT2D eigenvalue weighted by Gasteiger charge is 2.44. The average molecular weight is 165 g/mol. The van der Waals surface area contributed by atoms with Gasteiger partial charge in [-0.05, 0) is 17.8 Å². The van der Waals surface area contributed by atoms with Crippen molar-refractivity contribution in [2.75, 3.05) is 0 Å². The van der Waals surface area contributed by atoms with Crippen molar-refractivity contribution in [1.29, 1.82) is 0 Å². The lowest BCUT2D eigenvalue weighted by Gasteiger charge is -2.38. The van der Waals surface area contributed by atoms with Crippen LogP contribution in [0.4, 0.5) is 0 Å². The van der Waals surface area contributed by atoms with Gasteiger partial charge in [0.2, 0.25) is 5.54 Å². The van der Waals surface area contributed by atoms with E-state index in [1.54, 1.807) is 0 Å². The van der Waals surface area contributed by atoms with Gasteiger partial charge in [-0.1, -0.05) is 20.8 Å². The first-order chi connectivity index (χ1) is 5.37. The minimum atomic E-state index is -0.0822. The van der Waals surface area contributed by atoms with Crippen LogP contribution < -0.4 is 0 Å². The molecule has 68 valence electrons. The van der Waals surface area contributed by atoms with Crippen molar-refractivity contribution in [1.82, 2.24) is 0 Å². The van der Waals surface area contributed by atoms with Crippen molar-refractivity contribution in [3.8, 4) is 0 Å². The first kappa shape index (κ1) is 9.58. The predicted octanol–water partition coefficient (Wildman–Crippen LogP) is 3.51. The lowest BCUT2D eigenvalue weighted by molar-refractivity contribution is 0.140. The number of hydrogen-bond acceptors (Lipinski definition) is 0. The predicted molar refractivity (Wildman–Crippen MR) is 51.8 cm³/mol. The van der Waals surface area contributed by atoms with Gasteiger partial charge in [0.15, 0.2) is 0 Å². The Kier molecular flexibility index (Phi) is 2.21. The highest BCUT2D eigenvalue weighted by Crippen LogP contribution is 2.45. The summed E-state index contributed by atoms with van der Waals surface area (Å²) in [5.41, 5.74) is 0.290. The van der Waals surface area contributed by atoms with Crippen molar-refractivity contribution < 1.29 is 0 Å². The van der Waals surface area contributed by atoms with Gasteiger partial charge in [-0.25, -0.2) is 6.57 Å². The molecule has 0 saturated heterocycles. The van der Waals surface area contributed by atoms with E-state index in [2.05, 4.69) is 32.5 Å². The van der Waals surface area contributed by atoms with Crippen LogP contribution in [0, 0.1) is 17.9 Å². The number of hydrogen-bond donors (Lipinski definition) is 0. The van der Waals surface area contributed by atoms with E-state index in [0.717, 1.165) is 12.8 Å². The average Bonchev–Trinajstić information content (AvgIpc) is 1.82. The maximum atomic E-state index is 7.19. The van der Waals surface area contributed by atoms with E-state index >= 15 is 0 Å². The molecule has 1 heteroatoms. The van der Waals surface area contributed by atoms with Crippen molar-refractivity contribution >= 4 is 0 Å². The van der Waals surface area contributed by atoms with E-state index in [-0.39, 0.29) is 5.54 Å². The molecule has 0 N–H and O–H groups in total. The minimum Gasteiger partial charge on any atom is -0.311 e. The van der Waals surface area contributed by atoms with E-state index in [4.69, 9.17) is 6.57 Å². The summed E-state index contributed by atoms with van der Waals surface area (Å²) in [6, 6.07) is 0. The van der Waals surface area contributed by atoms with Gasteiger partial charge in [-0.3, -0.25) is 0 Å². The summed E-state index contributed by atoms with van der Waals surface area (Å²) in [4.78, 5) is 3.78. The Morgan fingerprint density at radius 3 is 2.25 bits per heavy atom. The Morgan fingerprint density at radius 1 is 1.25 bits per heavy atom. The normalized spacial score (nSPS) is 40.4. The fraction of sp³-hybridized carbons (Fsp3) is 0.909. The summed E-state index contributed by atoms with van der Waals surface area (Å²) in [7, 11) is 0. The van der Waals surface area contributed by atoms with Crippen LogP contribution in [-0.2, 0) is 0 Å². The third kappa shape index (κ3) is 2.00. The summed E-state index contributed by atoms with van der Waals surface area (Å²) in [5, 5.41) is 0. The maximum absolute atomic E-state index is 7.19. The monoisotopic (exact) mass is 165 g/mol. The van der Waals surface area contributed by atoms with E-state index in [0.29, 0.717) is 11.3 Å². The van der Waals surface area contributed by atoms with Crippen LogP contribution >= 0.6 is 0 Å². The molecule has 0 aromatic carbocycles. The van der Waals surface area contributed by atoms with E-state index in [1.807, 2.05) is 0 Å². The van der Waals surface area contributed by atoms with Gasteiger partial charge < -0.3 is 4.85 Å². The summed E-state index contributed by atoms with van der Waals surface area (Å²) in [5.74, 6) is 0.716. The first-order valence-electron chi connectivity index (χ1n) is 4.76. The quantitative estimate of drug-likeness (QED) is 0.484. The Morgan fingerprint density at radius 2 is 1.83 bits per heavy atom. The molecule has 12 heavy (non-hydrogen) atoms. The first-order valence-corrected chi connectivity index (χ1v) is 4.76. The van der Waals surface area contributed by atoms with Gasteiger partial charge in [-0.15, -0.1) is 0 Å². The molecule has 1 aliphatic carbocycles. The van der Waals surface area contributed by atoms with Gasteiger partial charge in [0.25, 0.3) is 0 Å². The highest BCUT2D eigenvalue weighted by molar-refractivity contribution is 5.02. The lowest BCUT2D eigenvalue weighted by Crippen LogP contribution is -2.37. The summed E-state index contributed by atoms with van der Waals surface area (Å²) in [6.07, 6.45) is 3.42. The molecule has 1 aliphatic rings. The summed E-state index contributed by atoms with van der Waals surface area (Å²) < 4.78 is 0. The third-order valence-electron chi connectivity index (χ3n) is 2.82. The van der Waals surface area contributed by atoms with Crippen LogP contribution in [0.25, 0.3) is 4.85 Å². The molecule has 2 atom stereocenters. The fourth-order valence-corrected chi connectivity index (χ4v) is 3.03. The molecular formula is C11H19N. The van der Waals surface area contributed by atoms with Gasteiger partial charge in [0.1, 0.15) is 0 Å². The second-order valence-electron chi connectivity index (χ2n) is 5.46. The Hall–Kier alpha value is -0.510. The molecule has 0 aliphatic heterocycles. The Balaban J connectivity index is 2.78. The zero-order valence-electron chi connectivity index (χ0n) is 8.65. The third-order valence-corrected chi connectivity index (χ3v) is 2.82. The fourth-order valence-electron chi connectivity index (χ4n) is 3.03. The molecular weight excluding hydrogens is 146 g/mol. The molecule has 0 radical (unpaired) electrons. The second-order valence-corrected chi connectivity index (χ2v) is 5.46. The van der Waals surface area contributed by atoms with Crippen molar-refractivity contribution in [3.63, 3.8) is 0 Å². The molecule has 0 aromatic heterocycles. The molecule has 1 nitrogen and oxygen atoms in total.